The lowest BCUT2D eigenvalue weighted by Gasteiger charge is -2.23. The van der Waals surface area contributed by atoms with Gasteiger partial charge in [0, 0.05) is 31.0 Å². The van der Waals surface area contributed by atoms with E-state index in [9.17, 15) is 0 Å². The van der Waals surface area contributed by atoms with E-state index in [0.717, 1.165) is 49.2 Å². The number of aromatic nitrogens is 2. The van der Waals surface area contributed by atoms with Crippen molar-refractivity contribution in [1.29, 1.82) is 0 Å². The molecule has 5 heteroatoms. The number of aryl methyl sites for hydroxylation is 1. The molecule has 1 saturated heterocycles. The number of anilines is 3. The number of para-hydroxylation sites is 1. The summed E-state index contributed by atoms with van der Waals surface area (Å²) in [4.78, 5) is 8.90. The molecule has 0 saturated carbocycles. The zero-order chi connectivity index (χ0) is 14.5. The fraction of sp³-hybridized carbons (Fsp3) is 0.375. The van der Waals surface area contributed by atoms with Gasteiger partial charge in [-0.05, 0) is 31.9 Å². The maximum Gasteiger partial charge on any atom is 0.136 e. The first-order chi connectivity index (χ1) is 10.3. The van der Waals surface area contributed by atoms with Gasteiger partial charge in [-0.3, -0.25) is 0 Å². The molecule has 0 unspecified atom stereocenters. The molecule has 1 aromatic heterocycles. The van der Waals surface area contributed by atoms with Gasteiger partial charge in [-0.1, -0.05) is 18.2 Å². The molecule has 1 fully saturated rings. The van der Waals surface area contributed by atoms with E-state index in [0.29, 0.717) is 6.04 Å². The number of ether oxygens (including phenoxy) is 1. The minimum atomic E-state index is 0.428. The highest BCUT2D eigenvalue weighted by Gasteiger charge is 2.14. The topological polar surface area (TPSA) is 59.1 Å². The van der Waals surface area contributed by atoms with E-state index < -0.39 is 0 Å². The van der Waals surface area contributed by atoms with Crippen LogP contribution in [0.15, 0.2) is 36.4 Å². The van der Waals surface area contributed by atoms with Crippen LogP contribution in [0, 0.1) is 6.92 Å². The smallest absolute Gasteiger partial charge is 0.136 e. The Morgan fingerprint density at radius 3 is 2.52 bits per heavy atom. The standard InChI is InChI=1S/C16H20N4O/c1-12-17-15(19-13-5-3-2-4-6-13)11-16(18-12)20-14-7-9-21-10-8-14/h2-6,11,14H,7-10H2,1H3,(H2,17,18,19,20). The summed E-state index contributed by atoms with van der Waals surface area (Å²) in [5, 5.41) is 6.78. The van der Waals surface area contributed by atoms with Gasteiger partial charge in [0.05, 0.1) is 0 Å². The fourth-order valence-electron chi connectivity index (χ4n) is 2.43. The molecule has 1 aliphatic rings. The van der Waals surface area contributed by atoms with Crippen molar-refractivity contribution in [2.75, 3.05) is 23.8 Å². The number of nitrogens with zero attached hydrogens (tertiary/aromatic N) is 2. The Morgan fingerprint density at radius 1 is 1.05 bits per heavy atom. The molecule has 110 valence electrons. The quantitative estimate of drug-likeness (QED) is 0.903. The first kappa shape index (κ1) is 13.8. The molecular weight excluding hydrogens is 264 g/mol. The minimum Gasteiger partial charge on any atom is -0.381 e. The van der Waals surface area contributed by atoms with Gasteiger partial charge in [-0.25, -0.2) is 9.97 Å². The number of benzene rings is 1. The van der Waals surface area contributed by atoms with Gasteiger partial charge in [-0.15, -0.1) is 0 Å². The first-order valence-corrected chi connectivity index (χ1v) is 7.31. The largest absolute Gasteiger partial charge is 0.381 e. The van der Waals surface area contributed by atoms with Gasteiger partial charge in [-0.2, -0.15) is 0 Å². The van der Waals surface area contributed by atoms with E-state index in [4.69, 9.17) is 4.74 Å². The molecule has 2 N–H and O–H groups in total. The van der Waals surface area contributed by atoms with Gasteiger partial charge in [0.15, 0.2) is 0 Å². The molecule has 0 radical (unpaired) electrons. The summed E-state index contributed by atoms with van der Waals surface area (Å²) in [6.45, 7) is 3.54. The summed E-state index contributed by atoms with van der Waals surface area (Å²) in [6, 6.07) is 12.4. The summed E-state index contributed by atoms with van der Waals surface area (Å²) in [5.74, 6) is 2.43. The van der Waals surface area contributed by atoms with Crippen LogP contribution in [0.2, 0.25) is 0 Å². The van der Waals surface area contributed by atoms with E-state index in [1.165, 1.54) is 0 Å². The monoisotopic (exact) mass is 284 g/mol. The average molecular weight is 284 g/mol. The van der Waals surface area contributed by atoms with Crippen molar-refractivity contribution in [3.05, 3.63) is 42.2 Å². The van der Waals surface area contributed by atoms with Gasteiger partial charge < -0.3 is 15.4 Å². The predicted molar refractivity (Wildman–Crippen MR) is 84.0 cm³/mol. The van der Waals surface area contributed by atoms with Crippen LogP contribution in [0.1, 0.15) is 18.7 Å². The zero-order valence-electron chi connectivity index (χ0n) is 12.2. The number of hydrogen-bond acceptors (Lipinski definition) is 5. The van der Waals surface area contributed by atoms with Gasteiger partial charge in [0.25, 0.3) is 0 Å². The van der Waals surface area contributed by atoms with Crippen LogP contribution in [-0.4, -0.2) is 29.2 Å². The third-order valence-corrected chi connectivity index (χ3v) is 3.46. The minimum absolute atomic E-state index is 0.428. The maximum absolute atomic E-state index is 5.38. The molecule has 0 bridgehead atoms. The van der Waals surface area contributed by atoms with Crippen molar-refractivity contribution in [1.82, 2.24) is 9.97 Å². The molecule has 2 heterocycles. The van der Waals surface area contributed by atoms with Crippen molar-refractivity contribution in [3.63, 3.8) is 0 Å². The Kier molecular flexibility index (Phi) is 4.31. The van der Waals surface area contributed by atoms with Gasteiger partial charge in [0.1, 0.15) is 17.5 Å². The molecule has 1 aliphatic heterocycles. The van der Waals surface area contributed by atoms with Gasteiger partial charge in [0.2, 0.25) is 0 Å². The van der Waals surface area contributed by atoms with Crippen LogP contribution in [0.25, 0.3) is 0 Å². The van der Waals surface area contributed by atoms with Crippen molar-refractivity contribution >= 4 is 17.3 Å². The maximum atomic E-state index is 5.38. The highest BCUT2D eigenvalue weighted by atomic mass is 16.5. The molecular formula is C16H20N4O. The van der Waals surface area contributed by atoms with E-state index in [2.05, 4.69) is 20.6 Å². The van der Waals surface area contributed by atoms with Crippen molar-refractivity contribution in [3.8, 4) is 0 Å². The lowest BCUT2D eigenvalue weighted by Crippen LogP contribution is -2.28. The predicted octanol–water partition coefficient (Wildman–Crippen LogP) is 3.12. The molecule has 0 atom stereocenters. The fourth-order valence-corrected chi connectivity index (χ4v) is 2.43. The molecule has 3 rings (SSSR count). The average Bonchev–Trinajstić information content (AvgIpc) is 2.48. The Balaban J connectivity index is 1.73. The second-order valence-corrected chi connectivity index (χ2v) is 5.21. The van der Waals surface area contributed by atoms with E-state index in [-0.39, 0.29) is 0 Å². The van der Waals surface area contributed by atoms with Crippen LogP contribution in [-0.2, 0) is 4.74 Å². The van der Waals surface area contributed by atoms with Gasteiger partial charge >= 0.3 is 0 Å². The van der Waals surface area contributed by atoms with Crippen LogP contribution in [0.5, 0.6) is 0 Å². The second kappa shape index (κ2) is 6.54. The summed E-state index contributed by atoms with van der Waals surface area (Å²) in [5.41, 5.74) is 1.02. The van der Waals surface area contributed by atoms with Crippen molar-refractivity contribution < 1.29 is 4.74 Å². The first-order valence-electron chi connectivity index (χ1n) is 7.31. The summed E-state index contributed by atoms with van der Waals surface area (Å²) in [7, 11) is 0. The molecule has 0 aliphatic carbocycles. The van der Waals surface area contributed by atoms with E-state index in [1.807, 2.05) is 43.3 Å². The third kappa shape index (κ3) is 3.92. The highest BCUT2D eigenvalue weighted by Crippen LogP contribution is 2.19. The normalized spacial score (nSPS) is 15.7. The Morgan fingerprint density at radius 2 is 1.76 bits per heavy atom. The van der Waals surface area contributed by atoms with E-state index in [1.54, 1.807) is 0 Å². The number of rotatable bonds is 4. The molecule has 5 nitrogen and oxygen atoms in total. The summed E-state index contributed by atoms with van der Waals surface area (Å²) in [6.07, 6.45) is 2.04. The molecule has 21 heavy (non-hydrogen) atoms. The number of nitrogens with one attached hydrogen (secondary N) is 2. The molecule has 2 aromatic rings. The third-order valence-electron chi connectivity index (χ3n) is 3.46. The van der Waals surface area contributed by atoms with Crippen LogP contribution in [0.4, 0.5) is 17.3 Å². The Hall–Kier alpha value is -2.14. The highest BCUT2D eigenvalue weighted by molar-refractivity contribution is 5.59. The lowest BCUT2D eigenvalue weighted by molar-refractivity contribution is 0.0904. The molecule has 0 amide bonds. The molecule has 1 aromatic carbocycles. The van der Waals surface area contributed by atoms with Crippen molar-refractivity contribution in [2.24, 2.45) is 0 Å². The Bertz CT molecular complexity index is 582. The van der Waals surface area contributed by atoms with Crippen LogP contribution in [0.3, 0.4) is 0 Å². The van der Waals surface area contributed by atoms with E-state index >= 15 is 0 Å². The lowest BCUT2D eigenvalue weighted by atomic mass is 10.1. The molecule has 0 spiro atoms. The zero-order valence-corrected chi connectivity index (χ0v) is 12.2. The van der Waals surface area contributed by atoms with Crippen molar-refractivity contribution in [2.45, 2.75) is 25.8 Å². The SMILES string of the molecule is Cc1nc(Nc2ccccc2)cc(NC2CCOCC2)n1. The summed E-state index contributed by atoms with van der Waals surface area (Å²) < 4.78 is 5.38. The van der Waals surface area contributed by atoms with Crippen LogP contribution >= 0.6 is 0 Å². The summed E-state index contributed by atoms with van der Waals surface area (Å²) >= 11 is 0. The second-order valence-electron chi connectivity index (χ2n) is 5.21. The van der Waals surface area contributed by atoms with Crippen LogP contribution < -0.4 is 10.6 Å². The Labute approximate surface area is 124 Å². The number of hydrogen-bond donors (Lipinski definition) is 2.